The molecular formula is C20H19NO4. The van der Waals surface area contributed by atoms with Crippen molar-refractivity contribution in [2.75, 3.05) is 21.0 Å². The van der Waals surface area contributed by atoms with E-state index in [2.05, 4.69) is 36.2 Å². The van der Waals surface area contributed by atoms with Crippen LogP contribution in [0.1, 0.15) is 34.2 Å². The van der Waals surface area contributed by atoms with Gasteiger partial charge in [-0.3, -0.25) is 4.90 Å². The zero-order valence-corrected chi connectivity index (χ0v) is 14.2. The highest BCUT2D eigenvalue weighted by atomic mass is 16.7. The lowest BCUT2D eigenvalue weighted by molar-refractivity contribution is 0.173. The topological polar surface area (TPSA) is 51.2 Å². The second-order valence-corrected chi connectivity index (χ2v) is 6.76. The number of phenols is 1. The average molecular weight is 337 g/mol. The van der Waals surface area contributed by atoms with Crippen LogP contribution >= 0.6 is 0 Å². The van der Waals surface area contributed by atoms with Crippen LogP contribution in [0.25, 0.3) is 6.08 Å². The first-order chi connectivity index (χ1) is 12.2. The van der Waals surface area contributed by atoms with Crippen LogP contribution in [0.15, 0.2) is 30.3 Å². The van der Waals surface area contributed by atoms with Gasteiger partial charge in [-0.2, -0.15) is 0 Å². The number of rotatable bonds is 1. The summed E-state index contributed by atoms with van der Waals surface area (Å²) in [5, 5.41) is 10.1. The van der Waals surface area contributed by atoms with E-state index in [4.69, 9.17) is 14.2 Å². The van der Waals surface area contributed by atoms with Gasteiger partial charge in [-0.1, -0.05) is 18.2 Å². The molecule has 5 nitrogen and oxygen atoms in total. The van der Waals surface area contributed by atoms with Crippen LogP contribution < -0.4 is 14.2 Å². The van der Waals surface area contributed by atoms with Gasteiger partial charge in [0.2, 0.25) is 6.79 Å². The Morgan fingerprint density at radius 3 is 2.76 bits per heavy atom. The van der Waals surface area contributed by atoms with Gasteiger partial charge in [0.05, 0.1) is 7.11 Å². The van der Waals surface area contributed by atoms with Crippen LogP contribution in [0.3, 0.4) is 0 Å². The number of likely N-dealkylation sites (N-methyl/N-ethyl adjacent to an activating group) is 1. The van der Waals surface area contributed by atoms with E-state index in [-0.39, 0.29) is 24.5 Å². The molecule has 5 rings (SSSR count). The molecule has 1 aliphatic carbocycles. The van der Waals surface area contributed by atoms with E-state index < -0.39 is 0 Å². The van der Waals surface area contributed by atoms with Crippen molar-refractivity contribution >= 4 is 6.08 Å². The molecule has 2 aromatic rings. The van der Waals surface area contributed by atoms with Gasteiger partial charge in [-0.15, -0.1) is 0 Å². The van der Waals surface area contributed by atoms with Gasteiger partial charge < -0.3 is 19.3 Å². The van der Waals surface area contributed by atoms with E-state index in [1.807, 2.05) is 6.07 Å². The molecule has 2 heterocycles. The van der Waals surface area contributed by atoms with Gasteiger partial charge in [0, 0.05) is 24.1 Å². The fourth-order valence-electron chi connectivity index (χ4n) is 4.35. The Kier molecular flexibility index (Phi) is 3.03. The smallest absolute Gasteiger partial charge is 0.231 e. The summed E-state index contributed by atoms with van der Waals surface area (Å²) in [6.07, 6.45) is 4.39. The summed E-state index contributed by atoms with van der Waals surface area (Å²) in [5.74, 6) is 2.60. The van der Waals surface area contributed by atoms with Crippen LogP contribution in [0.5, 0.6) is 23.0 Å². The molecule has 0 amide bonds. The minimum Gasteiger partial charge on any atom is -0.504 e. The SMILES string of the molecule is COc1c(O)ccc2c1CN(C)C1c3cc4c(cc3C=CC21)OCO4. The predicted octanol–water partition coefficient (Wildman–Crippen LogP) is 3.43. The Morgan fingerprint density at radius 2 is 1.96 bits per heavy atom. The zero-order chi connectivity index (χ0) is 17.1. The highest BCUT2D eigenvalue weighted by molar-refractivity contribution is 5.67. The molecule has 0 aromatic heterocycles. The fourth-order valence-corrected chi connectivity index (χ4v) is 4.35. The summed E-state index contributed by atoms with van der Waals surface area (Å²) in [6.45, 7) is 1.00. The van der Waals surface area contributed by atoms with Crippen LogP contribution in [-0.4, -0.2) is 31.0 Å². The fraction of sp³-hybridized carbons (Fsp3) is 0.300. The van der Waals surface area contributed by atoms with Gasteiger partial charge in [0.1, 0.15) is 0 Å². The van der Waals surface area contributed by atoms with E-state index in [9.17, 15) is 5.11 Å². The summed E-state index contributed by atoms with van der Waals surface area (Å²) in [4.78, 5) is 2.31. The molecule has 2 atom stereocenters. The molecule has 0 spiro atoms. The minimum atomic E-state index is 0.191. The molecule has 25 heavy (non-hydrogen) atoms. The highest BCUT2D eigenvalue weighted by Gasteiger charge is 2.38. The number of methoxy groups -OCH3 is 1. The van der Waals surface area contributed by atoms with E-state index in [0.717, 1.165) is 23.6 Å². The molecule has 2 unspecified atom stereocenters. The van der Waals surface area contributed by atoms with Crippen molar-refractivity contribution in [3.8, 4) is 23.0 Å². The summed E-state index contributed by atoms with van der Waals surface area (Å²) >= 11 is 0. The molecule has 2 aromatic carbocycles. The molecule has 5 heteroatoms. The molecule has 0 bridgehead atoms. The standard InChI is InChI=1S/C20H19NO4/c1-21-9-15-12(5-6-16(22)20(15)23-2)13-4-3-11-7-17-18(25-10-24-17)8-14(11)19(13)21/h3-8,13,19,22H,9-10H2,1-2H3. The number of hydrogen-bond acceptors (Lipinski definition) is 5. The van der Waals surface area contributed by atoms with Crippen LogP contribution in [-0.2, 0) is 6.54 Å². The van der Waals surface area contributed by atoms with E-state index in [1.165, 1.54) is 16.7 Å². The van der Waals surface area contributed by atoms with E-state index >= 15 is 0 Å². The number of nitrogens with zero attached hydrogens (tertiary/aromatic N) is 1. The second-order valence-electron chi connectivity index (χ2n) is 6.76. The molecule has 3 aliphatic rings. The van der Waals surface area contributed by atoms with Crippen molar-refractivity contribution in [2.45, 2.75) is 18.5 Å². The third-order valence-electron chi connectivity index (χ3n) is 5.44. The quantitative estimate of drug-likeness (QED) is 0.864. The zero-order valence-electron chi connectivity index (χ0n) is 14.2. The first kappa shape index (κ1) is 14.7. The number of ether oxygens (including phenoxy) is 3. The van der Waals surface area contributed by atoms with Crippen LogP contribution in [0, 0.1) is 0 Å². The van der Waals surface area contributed by atoms with Crippen molar-refractivity contribution in [3.63, 3.8) is 0 Å². The maximum absolute atomic E-state index is 10.1. The lowest BCUT2D eigenvalue weighted by Gasteiger charge is -2.42. The number of fused-ring (bicyclic) bond motifs is 6. The van der Waals surface area contributed by atoms with Crippen molar-refractivity contribution in [2.24, 2.45) is 0 Å². The van der Waals surface area contributed by atoms with Crippen molar-refractivity contribution in [3.05, 3.63) is 52.6 Å². The Hall–Kier alpha value is -2.66. The van der Waals surface area contributed by atoms with Gasteiger partial charge >= 0.3 is 0 Å². The molecular weight excluding hydrogens is 318 g/mol. The summed E-state index contributed by atoms with van der Waals surface area (Å²) in [6, 6.07) is 8.13. The first-order valence-corrected chi connectivity index (χ1v) is 8.38. The average Bonchev–Trinajstić information content (AvgIpc) is 3.06. The molecule has 1 N–H and O–H groups in total. The van der Waals surface area contributed by atoms with Gasteiger partial charge in [-0.05, 0) is 41.9 Å². The van der Waals surface area contributed by atoms with Crippen LogP contribution in [0.2, 0.25) is 0 Å². The normalized spacial score (nSPS) is 23.0. The van der Waals surface area contributed by atoms with E-state index in [1.54, 1.807) is 13.2 Å². The highest BCUT2D eigenvalue weighted by Crippen LogP contribution is 2.52. The third kappa shape index (κ3) is 1.99. The Morgan fingerprint density at radius 1 is 1.16 bits per heavy atom. The van der Waals surface area contributed by atoms with Crippen LogP contribution in [0.4, 0.5) is 0 Å². The monoisotopic (exact) mass is 337 g/mol. The maximum Gasteiger partial charge on any atom is 0.231 e. The Bertz CT molecular complexity index is 905. The third-order valence-corrected chi connectivity index (χ3v) is 5.44. The predicted molar refractivity (Wildman–Crippen MR) is 93.2 cm³/mol. The maximum atomic E-state index is 10.1. The number of phenolic OH excluding ortho intramolecular Hbond substituents is 1. The summed E-state index contributed by atoms with van der Waals surface area (Å²) < 4.78 is 16.6. The largest absolute Gasteiger partial charge is 0.504 e. The van der Waals surface area contributed by atoms with Crippen molar-refractivity contribution in [1.29, 1.82) is 0 Å². The van der Waals surface area contributed by atoms with Gasteiger partial charge in [-0.25, -0.2) is 0 Å². The molecule has 0 saturated carbocycles. The van der Waals surface area contributed by atoms with Crippen molar-refractivity contribution in [1.82, 2.24) is 4.90 Å². The Balaban J connectivity index is 1.67. The van der Waals surface area contributed by atoms with Gasteiger partial charge in [0.25, 0.3) is 0 Å². The summed E-state index contributed by atoms with van der Waals surface area (Å²) in [5.41, 5.74) is 4.68. The number of hydrogen-bond donors (Lipinski definition) is 1. The summed E-state index contributed by atoms with van der Waals surface area (Å²) in [7, 11) is 3.71. The molecule has 0 saturated heterocycles. The van der Waals surface area contributed by atoms with E-state index in [0.29, 0.717) is 5.75 Å². The van der Waals surface area contributed by atoms with Crippen molar-refractivity contribution < 1.29 is 19.3 Å². The Labute approximate surface area is 146 Å². The second kappa shape index (κ2) is 5.17. The molecule has 2 aliphatic heterocycles. The first-order valence-electron chi connectivity index (χ1n) is 8.38. The van der Waals surface area contributed by atoms with Gasteiger partial charge in [0.15, 0.2) is 23.0 Å². The number of benzene rings is 2. The number of aromatic hydroxyl groups is 1. The molecule has 0 radical (unpaired) electrons. The lowest BCUT2D eigenvalue weighted by atomic mass is 9.75. The lowest BCUT2D eigenvalue weighted by Crippen LogP contribution is -2.35. The minimum absolute atomic E-state index is 0.191. The molecule has 0 fully saturated rings. The molecule has 128 valence electrons.